The number of aromatic amines is 1. The number of H-pyrrole nitrogens is 1. The Labute approximate surface area is 181 Å². The van der Waals surface area contributed by atoms with Crippen LogP contribution in [-0.4, -0.2) is 23.0 Å². The van der Waals surface area contributed by atoms with Gasteiger partial charge in [0.1, 0.15) is 0 Å². The van der Waals surface area contributed by atoms with Crippen molar-refractivity contribution in [1.29, 1.82) is 0 Å². The third kappa shape index (κ3) is 5.44. The predicted octanol–water partition coefficient (Wildman–Crippen LogP) is 6.69. The second kappa shape index (κ2) is 9.84. The lowest BCUT2D eigenvalue weighted by molar-refractivity contribution is 0.221. The molecule has 1 aromatic heterocycles. The van der Waals surface area contributed by atoms with Gasteiger partial charge in [-0.05, 0) is 83.0 Å². The summed E-state index contributed by atoms with van der Waals surface area (Å²) in [4.78, 5) is 6.19. The van der Waals surface area contributed by atoms with Gasteiger partial charge in [0.15, 0.2) is 0 Å². The van der Waals surface area contributed by atoms with Gasteiger partial charge < -0.3 is 10.3 Å². The van der Waals surface area contributed by atoms with Gasteiger partial charge in [-0.1, -0.05) is 37.3 Å². The zero-order valence-corrected chi connectivity index (χ0v) is 19.0. The van der Waals surface area contributed by atoms with Crippen LogP contribution in [0.25, 0.3) is 16.5 Å². The van der Waals surface area contributed by atoms with Gasteiger partial charge in [0.2, 0.25) is 0 Å². The smallest absolute Gasteiger partial charge is 0.0845 e. The van der Waals surface area contributed by atoms with E-state index in [1.165, 1.54) is 48.9 Å². The van der Waals surface area contributed by atoms with Crippen molar-refractivity contribution in [3.05, 3.63) is 83.0 Å². The van der Waals surface area contributed by atoms with Crippen LogP contribution in [-0.2, 0) is 6.54 Å². The minimum Gasteiger partial charge on any atom is -0.355 e. The number of allylic oxidation sites excluding steroid dienone is 5. The lowest BCUT2D eigenvalue weighted by Gasteiger charge is -2.26. The van der Waals surface area contributed by atoms with Gasteiger partial charge in [0.25, 0.3) is 0 Å². The molecule has 0 radical (unpaired) electrons. The summed E-state index contributed by atoms with van der Waals surface area (Å²) in [6.45, 7) is 19.6. The van der Waals surface area contributed by atoms with E-state index in [2.05, 4.69) is 85.2 Å². The SMILES string of the molecule is C=C=C(NC(=C)C)/C(C)=C(\C=C(C)C)c1cc2cc(CN3CCCCC3)ccc2[nH]1. The Morgan fingerprint density at radius 3 is 2.50 bits per heavy atom. The Morgan fingerprint density at radius 2 is 1.87 bits per heavy atom. The van der Waals surface area contributed by atoms with E-state index in [0.29, 0.717) is 0 Å². The highest BCUT2D eigenvalue weighted by Gasteiger charge is 2.13. The Balaban J connectivity index is 1.98. The maximum absolute atomic E-state index is 3.96. The number of rotatable bonds is 7. The number of piperidine rings is 1. The Kier molecular flexibility index (Phi) is 7.20. The molecule has 2 heterocycles. The Hall–Kier alpha value is -2.74. The van der Waals surface area contributed by atoms with Crippen LogP contribution >= 0.6 is 0 Å². The van der Waals surface area contributed by atoms with E-state index in [-0.39, 0.29) is 0 Å². The van der Waals surface area contributed by atoms with Crippen LogP contribution < -0.4 is 5.32 Å². The lowest BCUT2D eigenvalue weighted by atomic mass is 10.0. The number of hydrogen-bond acceptors (Lipinski definition) is 2. The highest BCUT2D eigenvalue weighted by Crippen LogP contribution is 2.29. The van der Waals surface area contributed by atoms with Gasteiger partial charge in [-0.2, -0.15) is 0 Å². The molecule has 158 valence electrons. The van der Waals surface area contributed by atoms with E-state index in [1.807, 2.05) is 6.92 Å². The van der Waals surface area contributed by atoms with Crippen molar-refractivity contribution in [2.75, 3.05) is 13.1 Å². The average molecular weight is 402 g/mol. The quantitative estimate of drug-likeness (QED) is 0.400. The number of aromatic nitrogens is 1. The molecule has 0 saturated carbocycles. The van der Waals surface area contributed by atoms with Gasteiger partial charge in [0, 0.05) is 34.4 Å². The molecule has 1 aliphatic heterocycles. The van der Waals surface area contributed by atoms with Crippen LogP contribution in [0.5, 0.6) is 0 Å². The molecule has 2 N–H and O–H groups in total. The summed E-state index contributed by atoms with van der Waals surface area (Å²) < 4.78 is 0. The Bertz CT molecular complexity index is 1030. The first-order valence-electron chi connectivity index (χ1n) is 10.9. The molecule has 0 bridgehead atoms. The van der Waals surface area contributed by atoms with E-state index < -0.39 is 0 Å². The number of likely N-dealkylation sites (tertiary alicyclic amines) is 1. The zero-order chi connectivity index (χ0) is 21.7. The number of hydrogen-bond donors (Lipinski definition) is 2. The van der Waals surface area contributed by atoms with E-state index in [0.717, 1.165) is 40.3 Å². The van der Waals surface area contributed by atoms with Gasteiger partial charge in [-0.15, -0.1) is 5.73 Å². The summed E-state index contributed by atoms with van der Waals surface area (Å²) in [6.07, 6.45) is 6.23. The highest BCUT2D eigenvalue weighted by atomic mass is 15.1. The number of nitrogens with one attached hydrogen (secondary N) is 2. The molecule has 1 aromatic carbocycles. The maximum Gasteiger partial charge on any atom is 0.0845 e. The van der Waals surface area contributed by atoms with Crippen LogP contribution in [0.2, 0.25) is 0 Å². The van der Waals surface area contributed by atoms with Gasteiger partial charge in [-0.3, -0.25) is 4.90 Å². The average Bonchev–Trinajstić information content (AvgIpc) is 3.13. The van der Waals surface area contributed by atoms with E-state index in [9.17, 15) is 0 Å². The minimum absolute atomic E-state index is 0.861. The van der Waals surface area contributed by atoms with Crippen molar-refractivity contribution >= 4 is 16.5 Å². The van der Waals surface area contributed by atoms with Crippen LogP contribution in [0.4, 0.5) is 0 Å². The highest BCUT2D eigenvalue weighted by molar-refractivity contribution is 5.88. The van der Waals surface area contributed by atoms with Crippen LogP contribution in [0.15, 0.2) is 71.8 Å². The van der Waals surface area contributed by atoms with Gasteiger partial charge in [-0.25, -0.2) is 0 Å². The molecule has 0 spiro atoms. The molecule has 3 heteroatoms. The molecule has 1 saturated heterocycles. The normalized spacial score (nSPS) is 15.3. The van der Waals surface area contributed by atoms with Gasteiger partial charge >= 0.3 is 0 Å². The molecule has 3 rings (SSSR count). The van der Waals surface area contributed by atoms with Crippen LogP contribution in [0.1, 0.15) is 58.2 Å². The Morgan fingerprint density at radius 1 is 1.13 bits per heavy atom. The molecule has 2 aromatic rings. The summed E-state index contributed by atoms with van der Waals surface area (Å²) in [5.74, 6) is 0. The first-order chi connectivity index (χ1) is 14.4. The summed E-state index contributed by atoms with van der Waals surface area (Å²) in [5.41, 5.74) is 11.9. The molecule has 3 nitrogen and oxygen atoms in total. The molecular weight excluding hydrogens is 366 g/mol. The molecule has 0 aliphatic carbocycles. The van der Waals surface area contributed by atoms with Crippen molar-refractivity contribution in [3.63, 3.8) is 0 Å². The van der Waals surface area contributed by atoms with Crippen molar-refractivity contribution in [1.82, 2.24) is 15.2 Å². The zero-order valence-electron chi connectivity index (χ0n) is 19.0. The molecule has 0 atom stereocenters. The lowest BCUT2D eigenvalue weighted by Crippen LogP contribution is -2.28. The second-order valence-corrected chi connectivity index (χ2v) is 8.66. The van der Waals surface area contributed by atoms with Gasteiger partial charge in [0.05, 0.1) is 5.70 Å². The van der Waals surface area contributed by atoms with Crippen molar-refractivity contribution in [2.24, 2.45) is 0 Å². The van der Waals surface area contributed by atoms with Crippen LogP contribution in [0.3, 0.4) is 0 Å². The molecule has 0 amide bonds. The number of nitrogens with zero attached hydrogens (tertiary/aromatic N) is 1. The molecule has 1 aliphatic rings. The monoisotopic (exact) mass is 401 g/mol. The minimum atomic E-state index is 0.861. The molecule has 0 unspecified atom stereocenters. The van der Waals surface area contributed by atoms with Crippen LogP contribution in [0, 0.1) is 0 Å². The first kappa shape index (κ1) is 22.0. The largest absolute Gasteiger partial charge is 0.355 e. The van der Waals surface area contributed by atoms with E-state index in [4.69, 9.17) is 0 Å². The first-order valence-corrected chi connectivity index (χ1v) is 10.9. The van der Waals surface area contributed by atoms with Crippen molar-refractivity contribution in [3.8, 4) is 0 Å². The fraction of sp³-hybridized carbons (Fsp3) is 0.370. The third-order valence-corrected chi connectivity index (χ3v) is 5.56. The molecule has 30 heavy (non-hydrogen) atoms. The topological polar surface area (TPSA) is 31.1 Å². The van der Waals surface area contributed by atoms with E-state index in [1.54, 1.807) is 0 Å². The summed E-state index contributed by atoms with van der Waals surface area (Å²) >= 11 is 0. The molecule has 1 fully saturated rings. The van der Waals surface area contributed by atoms with E-state index >= 15 is 0 Å². The standard InChI is InChI=1S/C27H35N3/c1-7-25(28-20(4)5)21(6)24(15-19(2)3)27-17-23-16-22(11-12-26(23)29-27)18-30-13-9-8-10-14-30/h11-12,15-17,28-29H,1,4,8-10,13-14,18H2,2-3,5-6H3/b24-21+. The summed E-state index contributed by atoms with van der Waals surface area (Å²) in [7, 11) is 0. The summed E-state index contributed by atoms with van der Waals surface area (Å²) in [6, 6.07) is 9.06. The second-order valence-electron chi connectivity index (χ2n) is 8.66. The third-order valence-electron chi connectivity index (χ3n) is 5.56. The fourth-order valence-electron chi connectivity index (χ4n) is 4.10. The van der Waals surface area contributed by atoms with Crippen molar-refractivity contribution < 1.29 is 0 Å². The number of fused-ring (bicyclic) bond motifs is 1. The van der Waals surface area contributed by atoms with Crippen molar-refractivity contribution in [2.45, 2.75) is 53.5 Å². The number of benzene rings is 1. The predicted molar refractivity (Wildman–Crippen MR) is 130 cm³/mol. The maximum atomic E-state index is 3.96. The fourth-order valence-corrected chi connectivity index (χ4v) is 4.10. The summed E-state index contributed by atoms with van der Waals surface area (Å²) in [5, 5.41) is 4.54. The molecular formula is C27H35N3.